The van der Waals surface area contributed by atoms with Gasteiger partial charge in [0.15, 0.2) is 5.78 Å². The number of nitrogens with zero attached hydrogens (tertiary/aromatic N) is 1. The molecule has 134 valence electrons. The van der Waals surface area contributed by atoms with Gasteiger partial charge in [0, 0.05) is 6.42 Å². The number of carbonyl (C=O) groups excluding carboxylic acids is 1. The van der Waals surface area contributed by atoms with Crippen LogP contribution in [0.4, 0.5) is 0 Å². The Labute approximate surface area is 159 Å². The normalized spacial score (nSPS) is 17.0. The summed E-state index contributed by atoms with van der Waals surface area (Å²) in [5, 5.41) is 8.69. The topological polar surface area (TPSA) is 17.1 Å². The Morgan fingerprint density at radius 1 is 0.815 bits per heavy atom. The van der Waals surface area contributed by atoms with Crippen molar-refractivity contribution >= 4 is 44.2 Å². The molecule has 2 heteroatoms. The predicted molar refractivity (Wildman–Crippen MR) is 114 cm³/mol. The van der Waals surface area contributed by atoms with Crippen molar-refractivity contribution in [1.29, 1.82) is 0 Å². The first-order valence-electron chi connectivity index (χ1n) is 9.66. The van der Waals surface area contributed by atoms with Crippen molar-refractivity contribution in [2.45, 2.75) is 12.3 Å². The fourth-order valence-corrected chi connectivity index (χ4v) is 4.70. The number of rotatable bonds is 3. The van der Waals surface area contributed by atoms with Crippen LogP contribution in [0.3, 0.4) is 0 Å². The Morgan fingerprint density at radius 3 is 2.15 bits per heavy atom. The highest BCUT2D eigenvalue weighted by atomic mass is 16.1. The fourth-order valence-electron chi connectivity index (χ4n) is 4.70. The lowest BCUT2D eigenvalue weighted by Gasteiger charge is -2.29. The third-order valence-corrected chi connectivity index (χ3v) is 5.93. The fraction of sp³-hybridized carbons (Fsp3) is 0.240. The van der Waals surface area contributed by atoms with E-state index in [-0.39, 0.29) is 11.7 Å². The largest absolute Gasteiger partial charge is 0.331 e. The Morgan fingerprint density at radius 2 is 1.44 bits per heavy atom. The molecule has 5 rings (SSSR count). The van der Waals surface area contributed by atoms with Gasteiger partial charge in [0.25, 0.3) is 0 Å². The van der Waals surface area contributed by atoms with E-state index in [2.05, 4.69) is 75.7 Å². The van der Waals surface area contributed by atoms with E-state index in [0.717, 1.165) is 22.7 Å². The summed E-state index contributed by atoms with van der Waals surface area (Å²) in [6, 6.07) is 19.4. The molecule has 1 aliphatic carbocycles. The highest BCUT2D eigenvalue weighted by Gasteiger charge is 2.29. The van der Waals surface area contributed by atoms with Crippen LogP contribution in [0.1, 0.15) is 17.9 Å². The zero-order valence-electron chi connectivity index (χ0n) is 16.1. The van der Waals surface area contributed by atoms with Crippen molar-refractivity contribution in [3.63, 3.8) is 0 Å². The maximum Gasteiger partial charge on any atom is 0.164 e. The van der Waals surface area contributed by atoms with Gasteiger partial charge in [0.05, 0.1) is 33.6 Å². The molecular formula is C25H24NO+. The van der Waals surface area contributed by atoms with Gasteiger partial charge in [-0.3, -0.25) is 4.79 Å². The first-order chi connectivity index (χ1) is 12.9. The molecular weight excluding hydrogens is 330 g/mol. The Balaban J connectivity index is 1.93. The average Bonchev–Trinajstić information content (AvgIpc) is 2.63. The van der Waals surface area contributed by atoms with Crippen LogP contribution in [0.5, 0.6) is 0 Å². The van der Waals surface area contributed by atoms with Crippen LogP contribution >= 0.6 is 0 Å². The molecule has 4 aromatic carbocycles. The van der Waals surface area contributed by atoms with E-state index in [9.17, 15) is 4.79 Å². The van der Waals surface area contributed by atoms with Crippen molar-refractivity contribution in [3.8, 4) is 0 Å². The van der Waals surface area contributed by atoms with Gasteiger partial charge in [-0.15, -0.1) is 0 Å². The van der Waals surface area contributed by atoms with Gasteiger partial charge in [-0.2, -0.15) is 0 Å². The molecule has 27 heavy (non-hydrogen) atoms. The second kappa shape index (κ2) is 5.64. The molecule has 0 amide bonds. The van der Waals surface area contributed by atoms with Crippen molar-refractivity contribution in [2.24, 2.45) is 0 Å². The molecule has 0 N–H and O–H groups in total. The van der Waals surface area contributed by atoms with Gasteiger partial charge in [-0.1, -0.05) is 54.6 Å². The van der Waals surface area contributed by atoms with Crippen LogP contribution in [0.15, 0.2) is 54.6 Å². The molecule has 0 bridgehead atoms. The number of Topliss-reactive ketones (excluding diaryl/α,β-unsaturated/α-hetero) is 1. The summed E-state index contributed by atoms with van der Waals surface area (Å²) in [4.78, 5) is 13.1. The molecule has 1 unspecified atom stereocenters. The first kappa shape index (κ1) is 16.5. The first-order valence-corrected chi connectivity index (χ1v) is 9.66. The van der Waals surface area contributed by atoms with E-state index in [0.29, 0.717) is 0 Å². The molecule has 0 heterocycles. The number of ketones is 1. The van der Waals surface area contributed by atoms with Crippen LogP contribution < -0.4 is 5.22 Å². The van der Waals surface area contributed by atoms with Gasteiger partial charge < -0.3 is 4.48 Å². The van der Waals surface area contributed by atoms with Gasteiger partial charge in [-0.25, -0.2) is 0 Å². The summed E-state index contributed by atoms with van der Waals surface area (Å²) in [5.41, 5.74) is 1.24. The lowest BCUT2D eigenvalue weighted by molar-refractivity contribution is -0.870. The lowest BCUT2D eigenvalue weighted by Crippen LogP contribution is -2.37. The van der Waals surface area contributed by atoms with Crippen LogP contribution in [0, 0.1) is 0 Å². The van der Waals surface area contributed by atoms with Crippen LogP contribution in [-0.4, -0.2) is 38.0 Å². The Hall–Kier alpha value is -2.71. The maximum atomic E-state index is 13.1. The number of benzene rings is 4. The number of fused-ring (bicyclic) bond motifs is 2. The van der Waals surface area contributed by atoms with Crippen molar-refractivity contribution in [3.05, 3.63) is 65.4 Å². The number of quaternary nitrogens is 1. The summed E-state index contributed by atoms with van der Waals surface area (Å²) in [6.45, 7) is 0.975. The SMILES string of the molecule is C[N+](C)(C)CCC1C(=O)C=c2cccc3c2c1c1cccc2cccc3c21. The van der Waals surface area contributed by atoms with E-state index < -0.39 is 0 Å². The van der Waals surface area contributed by atoms with Gasteiger partial charge in [0.2, 0.25) is 0 Å². The maximum absolute atomic E-state index is 13.1. The Bertz CT molecular complexity index is 1270. The van der Waals surface area contributed by atoms with Gasteiger partial charge in [-0.05, 0) is 49.2 Å². The monoisotopic (exact) mass is 354 g/mol. The lowest BCUT2D eigenvalue weighted by atomic mass is 9.78. The number of hydrogen-bond acceptors (Lipinski definition) is 1. The van der Waals surface area contributed by atoms with Crippen LogP contribution in [-0.2, 0) is 4.79 Å². The summed E-state index contributed by atoms with van der Waals surface area (Å²) in [6.07, 6.45) is 2.75. The van der Waals surface area contributed by atoms with E-state index in [1.165, 1.54) is 37.9 Å². The second-order valence-electron chi connectivity index (χ2n) is 8.79. The van der Waals surface area contributed by atoms with Gasteiger partial charge >= 0.3 is 0 Å². The zero-order chi connectivity index (χ0) is 18.8. The minimum absolute atomic E-state index is 0.0602. The summed E-state index contributed by atoms with van der Waals surface area (Å²) >= 11 is 0. The number of carbonyl (C=O) groups is 1. The smallest absolute Gasteiger partial charge is 0.164 e. The molecule has 0 aromatic heterocycles. The summed E-state index contributed by atoms with van der Waals surface area (Å²) in [5.74, 6) is 0.189. The zero-order valence-corrected chi connectivity index (χ0v) is 16.1. The quantitative estimate of drug-likeness (QED) is 0.303. The molecule has 2 nitrogen and oxygen atoms in total. The minimum Gasteiger partial charge on any atom is -0.331 e. The Kier molecular flexibility index (Phi) is 3.44. The molecule has 4 aromatic rings. The van der Waals surface area contributed by atoms with E-state index in [1.807, 2.05) is 6.08 Å². The molecule has 0 spiro atoms. The molecule has 1 atom stereocenters. The van der Waals surface area contributed by atoms with Crippen molar-refractivity contribution in [2.75, 3.05) is 27.7 Å². The minimum atomic E-state index is -0.0602. The van der Waals surface area contributed by atoms with Crippen molar-refractivity contribution < 1.29 is 9.28 Å². The summed E-state index contributed by atoms with van der Waals surface area (Å²) < 4.78 is 0.867. The molecule has 0 saturated carbocycles. The molecule has 0 aliphatic heterocycles. The average molecular weight is 354 g/mol. The van der Waals surface area contributed by atoms with Gasteiger partial charge in [0.1, 0.15) is 0 Å². The standard InChI is InChI=1S/C25H24NO/c1-26(2,3)14-13-20-22(27)15-17-9-6-11-19-18-10-4-7-16-8-5-12-21(23(16)18)25(20)24(17)19/h4-12,15,20H,13-14H2,1-3H3/q+1. The number of hydrogen-bond donors (Lipinski definition) is 0. The highest BCUT2D eigenvalue weighted by molar-refractivity contribution is 6.27. The van der Waals surface area contributed by atoms with E-state index >= 15 is 0 Å². The third-order valence-electron chi connectivity index (χ3n) is 5.93. The van der Waals surface area contributed by atoms with Crippen LogP contribution in [0.2, 0.25) is 0 Å². The van der Waals surface area contributed by atoms with E-state index in [4.69, 9.17) is 0 Å². The third kappa shape index (κ3) is 2.48. The highest BCUT2D eigenvalue weighted by Crippen LogP contribution is 2.41. The molecule has 0 saturated heterocycles. The predicted octanol–water partition coefficient (Wildman–Crippen LogP) is 4.41. The van der Waals surface area contributed by atoms with Crippen LogP contribution in [0.25, 0.3) is 38.4 Å². The van der Waals surface area contributed by atoms with Crippen molar-refractivity contribution in [1.82, 2.24) is 0 Å². The molecule has 1 aliphatic rings. The molecule has 0 fully saturated rings. The molecule has 0 radical (unpaired) electrons. The second-order valence-corrected chi connectivity index (χ2v) is 8.79. The van der Waals surface area contributed by atoms with E-state index in [1.54, 1.807) is 0 Å². The summed E-state index contributed by atoms with van der Waals surface area (Å²) in [7, 11) is 6.58.